The van der Waals surface area contributed by atoms with E-state index in [1.165, 1.54) is 6.42 Å². The molecule has 128 valence electrons. The molecule has 6 heteroatoms. The van der Waals surface area contributed by atoms with Gasteiger partial charge in [0.05, 0.1) is 6.54 Å². The normalized spacial score (nSPS) is 25.7. The number of nitrogens with one attached hydrogen (secondary N) is 1. The molecule has 2 atom stereocenters. The number of ether oxygens (including phenoxy) is 1. The second kappa shape index (κ2) is 7.68. The van der Waals surface area contributed by atoms with Gasteiger partial charge in [0.15, 0.2) is 5.96 Å². The first-order valence-corrected chi connectivity index (χ1v) is 8.12. The molecule has 0 radical (unpaired) electrons. The molecule has 3 rings (SSSR count). The van der Waals surface area contributed by atoms with E-state index < -0.39 is 0 Å². The molecule has 1 saturated carbocycles. The van der Waals surface area contributed by atoms with Crippen LogP contribution in [0.1, 0.15) is 26.7 Å². The average molecular weight is 430 g/mol. The van der Waals surface area contributed by atoms with Crippen molar-refractivity contribution in [3.8, 4) is 5.88 Å². The zero-order chi connectivity index (χ0) is 15.6. The van der Waals surface area contributed by atoms with E-state index >= 15 is 0 Å². The first-order chi connectivity index (χ1) is 10.6. The monoisotopic (exact) mass is 430 g/mol. The molecule has 0 bridgehead atoms. The second-order valence-corrected chi connectivity index (χ2v) is 6.96. The first-order valence-electron chi connectivity index (χ1n) is 8.12. The van der Waals surface area contributed by atoms with Crippen LogP contribution >= 0.6 is 24.0 Å². The third kappa shape index (κ3) is 4.71. The molecule has 0 aromatic carbocycles. The van der Waals surface area contributed by atoms with Gasteiger partial charge in [0, 0.05) is 38.8 Å². The molecular weight excluding hydrogens is 403 g/mol. The highest BCUT2D eigenvalue weighted by Crippen LogP contribution is 2.50. The molecule has 2 fully saturated rings. The summed E-state index contributed by atoms with van der Waals surface area (Å²) in [6.45, 7) is 7.51. The SMILES string of the molecule is CN=C(NCC1CC1(C)C)N1CCC(Oc2ccccn2)C1.I. The highest BCUT2D eigenvalue weighted by molar-refractivity contribution is 14.0. The minimum atomic E-state index is 0. The average Bonchev–Trinajstić information content (AvgIpc) is 2.90. The molecule has 0 amide bonds. The Balaban J connectivity index is 0.00000192. The van der Waals surface area contributed by atoms with Gasteiger partial charge in [-0.15, -0.1) is 24.0 Å². The number of rotatable bonds is 4. The smallest absolute Gasteiger partial charge is 0.213 e. The summed E-state index contributed by atoms with van der Waals surface area (Å²) in [6, 6.07) is 5.76. The third-order valence-corrected chi connectivity index (χ3v) is 4.81. The molecule has 2 aliphatic rings. The van der Waals surface area contributed by atoms with Crippen molar-refractivity contribution in [3.05, 3.63) is 24.4 Å². The molecular formula is C17H27IN4O. The van der Waals surface area contributed by atoms with Crippen LogP contribution in [-0.2, 0) is 0 Å². The van der Waals surface area contributed by atoms with Crippen LogP contribution in [0.4, 0.5) is 0 Å². The molecule has 1 aliphatic carbocycles. The molecule has 1 aromatic heterocycles. The van der Waals surface area contributed by atoms with Crippen LogP contribution in [0.2, 0.25) is 0 Å². The second-order valence-electron chi connectivity index (χ2n) is 6.96. The lowest BCUT2D eigenvalue weighted by molar-refractivity contribution is 0.205. The van der Waals surface area contributed by atoms with Crippen molar-refractivity contribution in [1.29, 1.82) is 0 Å². The van der Waals surface area contributed by atoms with Gasteiger partial charge in [0.1, 0.15) is 6.10 Å². The van der Waals surface area contributed by atoms with Crippen LogP contribution < -0.4 is 10.1 Å². The van der Waals surface area contributed by atoms with Gasteiger partial charge in [-0.05, 0) is 23.8 Å². The quantitative estimate of drug-likeness (QED) is 0.454. The summed E-state index contributed by atoms with van der Waals surface area (Å²) in [4.78, 5) is 10.9. The van der Waals surface area contributed by atoms with Gasteiger partial charge in [-0.25, -0.2) is 4.98 Å². The van der Waals surface area contributed by atoms with Crippen molar-refractivity contribution < 1.29 is 4.74 Å². The van der Waals surface area contributed by atoms with Gasteiger partial charge in [0.2, 0.25) is 5.88 Å². The first kappa shape index (κ1) is 18.3. The van der Waals surface area contributed by atoms with Gasteiger partial charge in [-0.2, -0.15) is 0 Å². The maximum absolute atomic E-state index is 5.94. The molecule has 1 aromatic rings. The van der Waals surface area contributed by atoms with Crippen LogP contribution in [0.25, 0.3) is 0 Å². The van der Waals surface area contributed by atoms with E-state index in [4.69, 9.17) is 4.74 Å². The summed E-state index contributed by atoms with van der Waals surface area (Å²) in [5.41, 5.74) is 0.501. The number of nitrogens with zero attached hydrogens (tertiary/aromatic N) is 3. The number of guanidine groups is 1. The lowest BCUT2D eigenvalue weighted by Gasteiger charge is -2.22. The molecule has 1 N–H and O–H groups in total. The summed E-state index contributed by atoms with van der Waals surface area (Å²) < 4.78 is 5.94. The predicted molar refractivity (Wildman–Crippen MR) is 104 cm³/mol. The Morgan fingerprint density at radius 1 is 1.48 bits per heavy atom. The van der Waals surface area contributed by atoms with Crippen LogP contribution in [-0.4, -0.2) is 48.6 Å². The molecule has 1 saturated heterocycles. The Morgan fingerprint density at radius 3 is 2.87 bits per heavy atom. The number of halogens is 1. The fourth-order valence-corrected chi connectivity index (χ4v) is 3.08. The van der Waals surface area contributed by atoms with E-state index in [0.29, 0.717) is 11.3 Å². The van der Waals surface area contributed by atoms with Crippen LogP contribution in [0, 0.1) is 11.3 Å². The number of hydrogen-bond donors (Lipinski definition) is 1. The van der Waals surface area contributed by atoms with Crippen LogP contribution in [0.3, 0.4) is 0 Å². The summed E-state index contributed by atoms with van der Waals surface area (Å²) in [5.74, 6) is 2.47. The van der Waals surface area contributed by atoms with Crippen LogP contribution in [0.5, 0.6) is 5.88 Å². The van der Waals surface area contributed by atoms with E-state index in [9.17, 15) is 0 Å². The number of pyridine rings is 1. The molecule has 1 aliphatic heterocycles. The minimum absolute atomic E-state index is 0. The van der Waals surface area contributed by atoms with Gasteiger partial charge in [0.25, 0.3) is 0 Å². The Labute approximate surface area is 155 Å². The lowest BCUT2D eigenvalue weighted by Crippen LogP contribution is -2.41. The Bertz CT molecular complexity index is 535. The van der Waals surface area contributed by atoms with E-state index in [1.54, 1.807) is 6.20 Å². The van der Waals surface area contributed by atoms with Crippen molar-refractivity contribution in [3.63, 3.8) is 0 Å². The largest absolute Gasteiger partial charge is 0.472 e. The summed E-state index contributed by atoms with van der Waals surface area (Å²) in [5, 5.41) is 3.52. The van der Waals surface area contributed by atoms with Gasteiger partial charge in [-0.3, -0.25) is 4.99 Å². The van der Waals surface area contributed by atoms with Crippen molar-refractivity contribution in [2.75, 3.05) is 26.7 Å². The Kier molecular flexibility index (Phi) is 6.11. The maximum Gasteiger partial charge on any atom is 0.213 e. The molecule has 2 unspecified atom stereocenters. The molecule has 23 heavy (non-hydrogen) atoms. The summed E-state index contributed by atoms with van der Waals surface area (Å²) in [7, 11) is 1.85. The fraction of sp³-hybridized carbons (Fsp3) is 0.647. The zero-order valence-electron chi connectivity index (χ0n) is 14.2. The zero-order valence-corrected chi connectivity index (χ0v) is 16.5. The predicted octanol–water partition coefficient (Wildman–Crippen LogP) is 2.77. The molecule has 5 nitrogen and oxygen atoms in total. The van der Waals surface area contributed by atoms with E-state index in [1.807, 2.05) is 25.2 Å². The van der Waals surface area contributed by atoms with Crippen molar-refractivity contribution in [2.45, 2.75) is 32.8 Å². The van der Waals surface area contributed by atoms with E-state index in [-0.39, 0.29) is 30.1 Å². The van der Waals surface area contributed by atoms with Gasteiger partial charge >= 0.3 is 0 Å². The topological polar surface area (TPSA) is 49.8 Å². The Hall–Kier alpha value is -1.05. The number of likely N-dealkylation sites (tertiary alicyclic amines) is 1. The minimum Gasteiger partial charge on any atom is -0.472 e. The highest BCUT2D eigenvalue weighted by Gasteiger charge is 2.45. The van der Waals surface area contributed by atoms with E-state index in [2.05, 4.69) is 34.0 Å². The van der Waals surface area contributed by atoms with Crippen molar-refractivity contribution in [1.82, 2.24) is 15.2 Å². The highest BCUT2D eigenvalue weighted by atomic mass is 127. The summed E-state index contributed by atoms with van der Waals surface area (Å²) >= 11 is 0. The van der Waals surface area contributed by atoms with Crippen molar-refractivity contribution in [2.24, 2.45) is 16.3 Å². The lowest BCUT2D eigenvalue weighted by atomic mass is 10.1. The third-order valence-electron chi connectivity index (χ3n) is 4.81. The van der Waals surface area contributed by atoms with E-state index in [0.717, 1.165) is 37.9 Å². The van der Waals surface area contributed by atoms with Crippen LogP contribution in [0.15, 0.2) is 29.4 Å². The number of hydrogen-bond acceptors (Lipinski definition) is 3. The Morgan fingerprint density at radius 2 is 2.26 bits per heavy atom. The molecule has 0 spiro atoms. The van der Waals surface area contributed by atoms with Gasteiger partial charge in [-0.1, -0.05) is 19.9 Å². The summed E-state index contributed by atoms with van der Waals surface area (Å²) in [6.07, 6.45) is 4.26. The van der Waals surface area contributed by atoms with Gasteiger partial charge < -0.3 is 15.0 Å². The number of aliphatic imine (C=N–C) groups is 1. The molecule has 2 heterocycles. The standard InChI is InChI=1S/C17H26N4O.HI/c1-17(2)10-13(17)11-20-16(18-3)21-9-7-14(12-21)22-15-6-4-5-8-19-15;/h4-6,8,13-14H,7,9-12H2,1-3H3,(H,18,20);1H. The maximum atomic E-state index is 5.94. The fourth-order valence-electron chi connectivity index (χ4n) is 3.08. The van der Waals surface area contributed by atoms with Crippen molar-refractivity contribution >= 4 is 29.9 Å². The number of aromatic nitrogens is 1.